The topological polar surface area (TPSA) is 99.0 Å². The number of carbonyl (C=O) groups excluding carboxylic acids is 1. The molecule has 0 saturated heterocycles. The Morgan fingerprint density at radius 1 is 1.24 bits per heavy atom. The van der Waals surface area contributed by atoms with Crippen molar-refractivity contribution in [1.82, 2.24) is 19.7 Å². The number of carbonyl (C=O) groups is 1. The van der Waals surface area contributed by atoms with Crippen molar-refractivity contribution in [1.29, 1.82) is 0 Å². The molecule has 0 unspecified atom stereocenters. The van der Waals surface area contributed by atoms with E-state index in [-0.39, 0.29) is 36.2 Å². The van der Waals surface area contributed by atoms with Crippen LogP contribution < -0.4 is 15.6 Å². The van der Waals surface area contributed by atoms with E-state index in [2.05, 4.69) is 36.3 Å². The molecule has 2 aromatic heterocycles. The molecule has 1 N–H and O–H groups in total. The quantitative estimate of drug-likeness (QED) is 0.530. The molecule has 33 heavy (non-hydrogen) atoms. The molecule has 12 heteroatoms. The highest BCUT2D eigenvalue weighted by atomic mass is 79.9. The number of anilines is 1. The summed E-state index contributed by atoms with van der Waals surface area (Å²) in [5.41, 5.74) is -1.38. The second-order valence-electron chi connectivity index (χ2n) is 8.48. The lowest BCUT2D eigenvalue weighted by atomic mass is 9.72. The van der Waals surface area contributed by atoms with E-state index < -0.39 is 35.2 Å². The maximum absolute atomic E-state index is 13.5. The third kappa shape index (κ3) is 4.07. The minimum Gasteiger partial charge on any atom is -0.476 e. The van der Waals surface area contributed by atoms with Gasteiger partial charge in [0.25, 0.3) is 11.5 Å². The molecule has 8 nitrogen and oxygen atoms in total. The second kappa shape index (κ2) is 7.79. The first-order valence-corrected chi connectivity index (χ1v) is 10.9. The number of amides is 1. The van der Waals surface area contributed by atoms with Crippen molar-refractivity contribution in [2.75, 3.05) is 11.9 Å². The summed E-state index contributed by atoms with van der Waals surface area (Å²) in [4.78, 5) is 32.5. The van der Waals surface area contributed by atoms with Crippen LogP contribution in [0.1, 0.15) is 19.3 Å². The summed E-state index contributed by atoms with van der Waals surface area (Å²) in [6.45, 7) is -0.277. The van der Waals surface area contributed by atoms with Crippen LogP contribution in [0, 0.1) is 17.2 Å². The lowest BCUT2D eigenvalue weighted by Gasteiger charge is -2.35. The summed E-state index contributed by atoms with van der Waals surface area (Å²) in [5, 5.41) is 7.29. The fraction of sp³-hybridized carbons (Fsp3) is 0.381. The van der Waals surface area contributed by atoms with Gasteiger partial charge in [-0.3, -0.25) is 14.9 Å². The highest BCUT2D eigenvalue weighted by Gasteiger charge is 2.75. The Morgan fingerprint density at radius 2 is 1.94 bits per heavy atom. The molecule has 3 aromatic rings. The Bertz CT molecular complexity index is 1310. The van der Waals surface area contributed by atoms with Crippen molar-refractivity contribution in [2.24, 2.45) is 11.3 Å². The maximum atomic E-state index is 13.5. The van der Waals surface area contributed by atoms with Crippen LogP contribution in [0.25, 0.3) is 10.8 Å². The molecule has 2 heterocycles. The molecule has 2 aliphatic rings. The van der Waals surface area contributed by atoms with Crippen LogP contribution in [-0.4, -0.2) is 38.2 Å². The summed E-state index contributed by atoms with van der Waals surface area (Å²) < 4.78 is 47.3. The van der Waals surface area contributed by atoms with Gasteiger partial charge in [0, 0.05) is 16.3 Å². The number of fused-ring (bicyclic) bond motifs is 1. The van der Waals surface area contributed by atoms with Gasteiger partial charge in [-0.2, -0.15) is 0 Å². The number of rotatable bonds is 6. The van der Waals surface area contributed by atoms with Crippen molar-refractivity contribution in [2.45, 2.75) is 31.7 Å². The van der Waals surface area contributed by atoms with E-state index in [0.29, 0.717) is 22.7 Å². The van der Waals surface area contributed by atoms with Crippen LogP contribution in [0.2, 0.25) is 0 Å². The number of aromatic nitrogens is 4. The molecule has 0 aliphatic heterocycles. The lowest BCUT2D eigenvalue weighted by Crippen LogP contribution is -2.34. The Morgan fingerprint density at radius 3 is 2.61 bits per heavy atom. The van der Waals surface area contributed by atoms with Gasteiger partial charge in [-0.25, -0.2) is 27.8 Å². The van der Waals surface area contributed by atoms with Crippen molar-refractivity contribution in [3.8, 4) is 5.88 Å². The highest BCUT2D eigenvalue weighted by molar-refractivity contribution is 9.10. The van der Waals surface area contributed by atoms with Gasteiger partial charge in [-0.1, -0.05) is 15.9 Å². The van der Waals surface area contributed by atoms with Gasteiger partial charge in [-0.15, -0.1) is 5.10 Å². The van der Waals surface area contributed by atoms with Crippen LogP contribution in [0.5, 0.6) is 5.88 Å². The molecule has 0 bridgehead atoms. The smallest absolute Gasteiger partial charge is 0.275 e. The summed E-state index contributed by atoms with van der Waals surface area (Å²) in [6.07, 6.45) is 2.51. The van der Waals surface area contributed by atoms with Crippen LogP contribution in [0.15, 0.2) is 39.9 Å². The third-order valence-electron chi connectivity index (χ3n) is 6.08. The largest absolute Gasteiger partial charge is 0.476 e. The van der Waals surface area contributed by atoms with Gasteiger partial charge in [0.1, 0.15) is 6.54 Å². The van der Waals surface area contributed by atoms with Gasteiger partial charge in [0.15, 0.2) is 5.82 Å². The number of benzene rings is 1. The molecular formula is C21H17BrF3N5O3. The SMILES string of the molecule is O=C(Cn1nc(OCC2CC3(C2)CC3(F)F)c2cc(Br)ccc2c1=O)Nc1ncc(F)cn1. The van der Waals surface area contributed by atoms with Crippen molar-refractivity contribution in [3.63, 3.8) is 0 Å². The van der Waals surface area contributed by atoms with E-state index in [0.717, 1.165) is 17.1 Å². The van der Waals surface area contributed by atoms with Gasteiger partial charge < -0.3 is 4.74 Å². The van der Waals surface area contributed by atoms with E-state index in [1.807, 2.05) is 0 Å². The van der Waals surface area contributed by atoms with Crippen LogP contribution >= 0.6 is 15.9 Å². The number of alkyl halides is 2. The van der Waals surface area contributed by atoms with E-state index in [4.69, 9.17) is 4.74 Å². The molecule has 2 fully saturated rings. The molecule has 0 radical (unpaired) electrons. The van der Waals surface area contributed by atoms with E-state index >= 15 is 0 Å². The fourth-order valence-corrected chi connectivity index (χ4v) is 4.66. The van der Waals surface area contributed by atoms with Crippen molar-refractivity contribution < 1.29 is 22.7 Å². The Balaban J connectivity index is 1.35. The third-order valence-corrected chi connectivity index (χ3v) is 6.57. The minimum atomic E-state index is -2.58. The highest BCUT2D eigenvalue weighted by Crippen LogP contribution is 2.72. The molecule has 2 saturated carbocycles. The van der Waals surface area contributed by atoms with Crippen molar-refractivity contribution >= 4 is 38.6 Å². The fourth-order valence-electron chi connectivity index (χ4n) is 4.30. The molecular weight excluding hydrogens is 507 g/mol. The summed E-state index contributed by atoms with van der Waals surface area (Å²) in [6, 6.07) is 4.93. The van der Waals surface area contributed by atoms with Gasteiger partial charge in [0.2, 0.25) is 17.7 Å². The molecule has 172 valence electrons. The Labute approximate surface area is 193 Å². The summed E-state index contributed by atoms with van der Waals surface area (Å²) in [7, 11) is 0. The van der Waals surface area contributed by atoms with Crippen LogP contribution in [-0.2, 0) is 11.3 Å². The van der Waals surface area contributed by atoms with Gasteiger partial charge in [-0.05, 0) is 37.0 Å². The first kappa shape index (κ1) is 21.8. The number of hydrogen-bond acceptors (Lipinski definition) is 6. The predicted molar refractivity (Wildman–Crippen MR) is 115 cm³/mol. The van der Waals surface area contributed by atoms with E-state index in [9.17, 15) is 22.8 Å². The average Bonchev–Trinajstić information content (AvgIpc) is 3.32. The van der Waals surface area contributed by atoms with Crippen LogP contribution in [0.3, 0.4) is 0 Å². The standard InChI is InChI=1S/C21H17BrF3N5O3/c22-12-1-2-14-15(3-12)17(33-9-11-4-20(5-11)10-21(20,24)25)29-30(18(14)32)8-16(31)28-19-26-6-13(23)7-27-19/h1-3,6-7,11H,4-5,8-10H2,(H,26,27,28,31). The lowest BCUT2D eigenvalue weighted by molar-refractivity contribution is -0.117. The zero-order chi connectivity index (χ0) is 23.4. The minimum absolute atomic E-state index is 0.0262. The van der Waals surface area contributed by atoms with Crippen LogP contribution in [0.4, 0.5) is 19.1 Å². The van der Waals surface area contributed by atoms with Crippen molar-refractivity contribution in [3.05, 3.63) is 51.2 Å². The zero-order valence-corrected chi connectivity index (χ0v) is 18.6. The first-order valence-electron chi connectivity index (χ1n) is 10.1. The number of nitrogens with zero attached hydrogens (tertiary/aromatic N) is 4. The number of ether oxygens (including phenoxy) is 1. The molecule has 1 spiro atoms. The maximum Gasteiger partial charge on any atom is 0.275 e. The molecule has 1 aromatic carbocycles. The number of halogens is 4. The Kier molecular flexibility index (Phi) is 5.15. The first-order chi connectivity index (χ1) is 15.7. The molecule has 1 amide bonds. The molecule has 5 rings (SSSR count). The normalized spacial score (nSPS) is 22.7. The number of nitrogens with one attached hydrogen (secondary N) is 1. The predicted octanol–water partition coefficient (Wildman–Crippen LogP) is 3.54. The molecule has 2 aliphatic carbocycles. The average molecular weight is 524 g/mol. The summed E-state index contributed by atoms with van der Waals surface area (Å²) in [5.74, 6) is -3.89. The summed E-state index contributed by atoms with van der Waals surface area (Å²) >= 11 is 3.35. The number of hydrogen-bond donors (Lipinski definition) is 1. The monoisotopic (exact) mass is 523 g/mol. The van der Waals surface area contributed by atoms with Gasteiger partial charge >= 0.3 is 0 Å². The second-order valence-corrected chi connectivity index (χ2v) is 9.39. The van der Waals surface area contributed by atoms with Gasteiger partial charge in [0.05, 0.1) is 29.8 Å². The van der Waals surface area contributed by atoms with E-state index in [1.54, 1.807) is 18.2 Å². The zero-order valence-electron chi connectivity index (χ0n) is 17.0. The molecule has 0 atom stereocenters. The van der Waals surface area contributed by atoms with E-state index in [1.165, 1.54) is 0 Å². The Hall–Kier alpha value is -3.02.